The van der Waals surface area contributed by atoms with Crippen molar-refractivity contribution >= 4 is 5.91 Å². The molecule has 6 nitrogen and oxygen atoms in total. The van der Waals surface area contributed by atoms with Gasteiger partial charge in [-0.05, 0) is 13.8 Å². The molecule has 1 heterocycles. The van der Waals surface area contributed by atoms with Gasteiger partial charge in [-0.1, -0.05) is 0 Å². The molecule has 0 spiro atoms. The molecule has 1 amide bonds. The van der Waals surface area contributed by atoms with Gasteiger partial charge in [-0.25, -0.2) is 0 Å². The Balaban J connectivity index is 2.00. The van der Waals surface area contributed by atoms with Crippen LogP contribution < -0.4 is 11.1 Å². The molecule has 6 heteroatoms. The van der Waals surface area contributed by atoms with Crippen LogP contribution in [0.15, 0.2) is 0 Å². The van der Waals surface area contributed by atoms with Crippen molar-refractivity contribution in [1.82, 2.24) is 5.32 Å². The van der Waals surface area contributed by atoms with Crippen molar-refractivity contribution in [2.45, 2.75) is 25.7 Å². The van der Waals surface area contributed by atoms with E-state index in [0.29, 0.717) is 26.4 Å². The molecular formula is C10H20N2O4. The number of amides is 1. The number of nitrogens with two attached hydrogens (primary N) is 1. The summed E-state index contributed by atoms with van der Waals surface area (Å²) in [6.45, 7) is 6.06. The van der Waals surface area contributed by atoms with Gasteiger partial charge < -0.3 is 25.3 Å². The third-order valence-corrected chi connectivity index (χ3v) is 2.19. The molecule has 0 aromatic carbocycles. The Morgan fingerprint density at radius 1 is 1.50 bits per heavy atom. The number of carbonyl (C=O) groups is 1. The fourth-order valence-corrected chi connectivity index (χ4v) is 1.32. The smallest absolute Gasteiger partial charge is 0.243 e. The Morgan fingerprint density at radius 3 is 2.69 bits per heavy atom. The van der Waals surface area contributed by atoms with E-state index in [0.717, 1.165) is 0 Å². The first-order chi connectivity index (χ1) is 7.49. The van der Waals surface area contributed by atoms with Crippen molar-refractivity contribution in [3.63, 3.8) is 0 Å². The first kappa shape index (κ1) is 13.4. The highest BCUT2D eigenvalue weighted by Gasteiger charge is 2.27. The van der Waals surface area contributed by atoms with Crippen molar-refractivity contribution < 1.29 is 19.0 Å². The fraction of sp³-hybridized carbons (Fsp3) is 0.900. The molecule has 1 saturated heterocycles. The van der Waals surface area contributed by atoms with Gasteiger partial charge in [-0.15, -0.1) is 0 Å². The molecule has 1 fully saturated rings. The molecule has 0 bridgehead atoms. The lowest BCUT2D eigenvalue weighted by molar-refractivity contribution is -0.253. The van der Waals surface area contributed by atoms with Gasteiger partial charge in [0.05, 0.1) is 25.9 Å². The average Bonchev–Trinajstić information content (AvgIpc) is 2.19. The summed E-state index contributed by atoms with van der Waals surface area (Å²) in [5.41, 5.74) is 4.92. The molecule has 0 saturated carbocycles. The standard InChI is InChI=1S/C10H20N2O4/c1-10(2)15-5-8(6-16-10)12-3-4-14-7-9(11)13/h8,12H,3-7H2,1-2H3,(H2,11,13). The second-order valence-electron chi connectivity index (χ2n) is 4.19. The van der Waals surface area contributed by atoms with Crippen LogP contribution in [0.25, 0.3) is 0 Å². The number of carbonyl (C=O) groups excluding carboxylic acids is 1. The van der Waals surface area contributed by atoms with Gasteiger partial charge in [-0.3, -0.25) is 4.79 Å². The fourth-order valence-electron chi connectivity index (χ4n) is 1.32. The number of nitrogens with one attached hydrogen (secondary N) is 1. The van der Waals surface area contributed by atoms with Crippen LogP contribution >= 0.6 is 0 Å². The second-order valence-corrected chi connectivity index (χ2v) is 4.19. The van der Waals surface area contributed by atoms with Crippen LogP contribution in [0.5, 0.6) is 0 Å². The Morgan fingerprint density at radius 2 is 2.12 bits per heavy atom. The van der Waals surface area contributed by atoms with Gasteiger partial charge in [0.15, 0.2) is 5.79 Å². The summed E-state index contributed by atoms with van der Waals surface area (Å²) in [5.74, 6) is -0.938. The van der Waals surface area contributed by atoms with E-state index in [1.807, 2.05) is 13.8 Å². The van der Waals surface area contributed by atoms with Gasteiger partial charge >= 0.3 is 0 Å². The third-order valence-electron chi connectivity index (χ3n) is 2.19. The van der Waals surface area contributed by atoms with Gasteiger partial charge in [0.1, 0.15) is 6.61 Å². The molecular weight excluding hydrogens is 212 g/mol. The lowest BCUT2D eigenvalue weighted by Gasteiger charge is -2.35. The first-order valence-corrected chi connectivity index (χ1v) is 5.37. The third kappa shape index (κ3) is 5.41. The van der Waals surface area contributed by atoms with E-state index >= 15 is 0 Å². The maximum atomic E-state index is 10.4. The maximum Gasteiger partial charge on any atom is 0.243 e. The van der Waals surface area contributed by atoms with E-state index in [2.05, 4.69) is 5.32 Å². The van der Waals surface area contributed by atoms with Gasteiger partial charge in [0.25, 0.3) is 0 Å². The molecule has 0 atom stereocenters. The minimum absolute atomic E-state index is 0.0353. The van der Waals surface area contributed by atoms with Crippen molar-refractivity contribution in [1.29, 1.82) is 0 Å². The summed E-state index contributed by atoms with van der Waals surface area (Å²) >= 11 is 0. The van der Waals surface area contributed by atoms with Crippen LogP contribution in [0.1, 0.15) is 13.8 Å². The summed E-state index contributed by atoms with van der Waals surface area (Å²) in [6, 6.07) is 0.171. The molecule has 0 aromatic heterocycles. The minimum atomic E-state index is -0.485. The van der Waals surface area contributed by atoms with Crippen LogP contribution in [-0.2, 0) is 19.0 Å². The van der Waals surface area contributed by atoms with Crippen LogP contribution in [0.4, 0.5) is 0 Å². The molecule has 0 unspecified atom stereocenters. The molecule has 1 aliphatic heterocycles. The Labute approximate surface area is 95.4 Å². The summed E-state index contributed by atoms with van der Waals surface area (Å²) in [5, 5.41) is 3.21. The molecule has 1 aliphatic rings. The Bertz CT molecular complexity index is 223. The topological polar surface area (TPSA) is 82.8 Å². The maximum absolute atomic E-state index is 10.4. The lowest BCUT2D eigenvalue weighted by Crippen LogP contribution is -2.49. The lowest BCUT2D eigenvalue weighted by atomic mass is 10.2. The Kier molecular flexibility index (Phi) is 5.14. The zero-order chi connectivity index (χ0) is 12.0. The summed E-state index contributed by atoms with van der Waals surface area (Å²) in [6.07, 6.45) is 0. The van der Waals surface area contributed by atoms with Gasteiger partial charge in [-0.2, -0.15) is 0 Å². The van der Waals surface area contributed by atoms with E-state index in [-0.39, 0.29) is 12.6 Å². The van der Waals surface area contributed by atoms with E-state index in [9.17, 15) is 4.79 Å². The van der Waals surface area contributed by atoms with Crippen molar-refractivity contribution in [2.24, 2.45) is 5.73 Å². The molecule has 0 radical (unpaired) electrons. The van der Waals surface area contributed by atoms with E-state index in [4.69, 9.17) is 19.9 Å². The predicted molar refractivity (Wildman–Crippen MR) is 57.8 cm³/mol. The minimum Gasteiger partial charge on any atom is -0.370 e. The van der Waals surface area contributed by atoms with Crippen molar-refractivity contribution in [2.75, 3.05) is 33.0 Å². The number of rotatable bonds is 6. The summed E-state index contributed by atoms with van der Waals surface area (Å²) in [7, 11) is 0. The van der Waals surface area contributed by atoms with Gasteiger partial charge in [0, 0.05) is 6.54 Å². The van der Waals surface area contributed by atoms with Gasteiger partial charge in [0.2, 0.25) is 5.91 Å². The second kappa shape index (κ2) is 6.15. The molecule has 0 aliphatic carbocycles. The molecule has 16 heavy (non-hydrogen) atoms. The number of hydrogen-bond donors (Lipinski definition) is 2. The molecule has 0 aromatic rings. The number of hydrogen-bond acceptors (Lipinski definition) is 5. The van der Waals surface area contributed by atoms with Crippen LogP contribution in [0, 0.1) is 0 Å². The number of primary amides is 1. The largest absolute Gasteiger partial charge is 0.370 e. The highest BCUT2D eigenvalue weighted by atomic mass is 16.7. The van der Waals surface area contributed by atoms with Crippen molar-refractivity contribution in [3.8, 4) is 0 Å². The first-order valence-electron chi connectivity index (χ1n) is 5.37. The van der Waals surface area contributed by atoms with E-state index in [1.54, 1.807) is 0 Å². The molecule has 1 rings (SSSR count). The van der Waals surface area contributed by atoms with Crippen molar-refractivity contribution in [3.05, 3.63) is 0 Å². The number of ether oxygens (including phenoxy) is 3. The Hall–Kier alpha value is -0.690. The van der Waals surface area contributed by atoms with Crippen LogP contribution in [-0.4, -0.2) is 50.7 Å². The van der Waals surface area contributed by atoms with E-state index in [1.165, 1.54) is 0 Å². The highest BCUT2D eigenvalue weighted by Crippen LogP contribution is 2.16. The zero-order valence-corrected chi connectivity index (χ0v) is 9.82. The SMILES string of the molecule is CC1(C)OCC(NCCOCC(N)=O)CO1. The monoisotopic (exact) mass is 232 g/mol. The normalized spacial score (nSPS) is 20.9. The molecule has 3 N–H and O–H groups in total. The molecule has 94 valence electrons. The summed E-state index contributed by atoms with van der Waals surface area (Å²) < 4.78 is 16.0. The predicted octanol–water partition coefficient (Wildman–Crippen LogP) is -0.771. The zero-order valence-electron chi connectivity index (χ0n) is 9.82. The quantitative estimate of drug-likeness (QED) is 0.588. The highest BCUT2D eigenvalue weighted by molar-refractivity contribution is 5.74. The average molecular weight is 232 g/mol. The van der Waals surface area contributed by atoms with Crippen LogP contribution in [0.2, 0.25) is 0 Å². The van der Waals surface area contributed by atoms with Crippen LogP contribution in [0.3, 0.4) is 0 Å². The van der Waals surface area contributed by atoms with E-state index < -0.39 is 11.7 Å². The summed E-state index contributed by atoms with van der Waals surface area (Å²) in [4.78, 5) is 10.4.